The number of carbonyl (C=O) groups excluding carboxylic acids is 1. The van der Waals surface area contributed by atoms with Crippen LogP contribution in [0.25, 0.3) is 0 Å². The summed E-state index contributed by atoms with van der Waals surface area (Å²) >= 11 is 0. The molecule has 3 rings (SSSR count). The van der Waals surface area contributed by atoms with Crippen molar-refractivity contribution in [3.63, 3.8) is 0 Å². The Balaban J connectivity index is 0.00000261. The lowest BCUT2D eigenvalue weighted by Crippen LogP contribution is -2.42. The molecule has 0 atom stereocenters. The second-order valence-electron chi connectivity index (χ2n) is 8.49. The Hall–Kier alpha value is -0.570. The minimum absolute atomic E-state index is 0. The van der Waals surface area contributed by atoms with Gasteiger partial charge in [0.1, 0.15) is 0 Å². The first-order valence-electron chi connectivity index (χ1n) is 10.7. The largest absolute Gasteiger partial charge is 0.369 e. The van der Waals surface area contributed by atoms with Crippen molar-refractivity contribution in [1.82, 2.24) is 15.1 Å². The highest BCUT2D eigenvalue weighted by molar-refractivity contribution is 14.0. The smallest absolute Gasteiger partial charge is 0.220 e. The number of hydrogen-bond donors (Lipinski definition) is 2. The molecule has 0 aromatic carbocycles. The molecule has 0 unspecified atom stereocenters. The number of rotatable bonds is 7. The Bertz CT molecular complexity index is 501. The first kappa shape index (κ1) is 22.7. The Kier molecular flexibility index (Phi) is 9.11. The van der Waals surface area contributed by atoms with Crippen LogP contribution in [0, 0.1) is 11.3 Å². The number of amides is 1. The zero-order chi connectivity index (χ0) is 18.4. The molecule has 2 heterocycles. The van der Waals surface area contributed by atoms with Crippen LogP contribution in [-0.4, -0.2) is 67.5 Å². The van der Waals surface area contributed by atoms with Crippen molar-refractivity contribution in [2.45, 2.75) is 58.3 Å². The van der Waals surface area contributed by atoms with E-state index in [0.29, 0.717) is 5.41 Å². The molecule has 27 heavy (non-hydrogen) atoms. The molecule has 0 bridgehead atoms. The lowest BCUT2D eigenvalue weighted by Gasteiger charge is -2.38. The fourth-order valence-corrected chi connectivity index (χ4v) is 4.70. The summed E-state index contributed by atoms with van der Waals surface area (Å²) in [7, 11) is 0. The third-order valence-corrected chi connectivity index (χ3v) is 6.62. The van der Waals surface area contributed by atoms with Crippen LogP contribution >= 0.6 is 24.0 Å². The quantitative estimate of drug-likeness (QED) is 0.248. The van der Waals surface area contributed by atoms with Crippen molar-refractivity contribution in [3.8, 4) is 0 Å². The average molecular weight is 491 g/mol. The van der Waals surface area contributed by atoms with E-state index in [4.69, 9.17) is 10.7 Å². The molecule has 156 valence electrons. The fraction of sp³-hybridized carbons (Fsp3) is 0.900. The number of primary amides is 1. The van der Waals surface area contributed by atoms with Gasteiger partial charge in [0.25, 0.3) is 0 Å². The van der Waals surface area contributed by atoms with Gasteiger partial charge in [-0.2, -0.15) is 0 Å². The van der Waals surface area contributed by atoms with E-state index in [1.54, 1.807) is 0 Å². The summed E-state index contributed by atoms with van der Waals surface area (Å²) in [5.41, 5.74) is 6.02. The van der Waals surface area contributed by atoms with Crippen LogP contribution in [0.3, 0.4) is 0 Å². The summed E-state index contributed by atoms with van der Waals surface area (Å²) < 4.78 is 0. The van der Waals surface area contributed by atoms with E-state index in [1.165, 1.54) is 45.2 Å². The van der Waals surface area contributed by atoms with Gasteiger partial charge in [0.2, 0.25) is 5.91 Å². The molecule has 3 N–H and O–H groups in total. The topological polar surface area (TPSA) is 74.0 Å². The summed E-state index contributed by atoms with van der Waals surface area (Å²) in [6.45, 7) is 9.50. The van der Waals surface area contributed by atoms with E-state index in [-0.39, 0.29) is 35.8 Å². The van der Waals surface area contributed by atoms with Crippen molar-refractivity contribution in [2.24, 2.45) is 22.1 Å². The SMILES string of the molecule is CCNC(=NCCCCN1CCC(C(N)=O)CC1)N1CCC2(CCC2)C1.I. The summed E-state index contributed by atoms with van der Waals surface area (Å²) in [6, 6.07) is 0. The number of halogens is 1. The standard InChI is InChI=1S/C20H37N5O.HI/c1-2-22-19(25-15-10-20(16-25)8-5-9-20)23-11-3-4-12-24-13-6-17(7-14-24)18(21)26;/h17H,2-16H2,1H3,(H2,21,26)(H,22,23);1H. The van der Waals surface area contributed by atoms with Gasteiger partial charge in [-0.05, 0) is 76.9 Å². The molecule has 1 spiro atoms. The van der Waals surface area contributed by atoms with Gasteiger partial charge in [-0.15, -0.1) is 24.0 Å². The van der Waals surface area contributed by atoms with Crippen LogP contribution in [0.1, 0.15) is 58.3 Å². The first-order chi connectivity index (χ1) is 12.6. The minimum Gasteiger partial charge on any atom is -0.369 e. The summed E-state index contributed by atoms with van der Waals surface area (Å²) in [5, 5.41) is 3.49. The van der Waals surface area contributed by atoms with Crippen LogP contribution < -0.4 is 11.1 Å². The van der Waals surface area contributed by atoms with Crippen LogP contribution in [-0.2, 0) is 4.79 Å². The highest BCUT2D eigenvalue weighted by atomic mass is 127. The van der Waals surface area contributed by atoms with Gasteiger partial charge in [-0.3, -0.25) is 9.79 Å². The number of nitrogens with zero attached hydrogens (tertiary/aromatic N) is 3. The Morgan fingerprint density at radius 1 is 1.19 bits per heavy atom. The molecular weight excluding hydrogens is 453 g/mol. The minimum atomic E-state index is -0.125. The third kappa shape index (κ3) is 6.21. The van der Waals surface area contributed by atoms with Gasteiger partial charge in [0.15, 0.2) is 5.96 Å². The normalized spacial score (nSPS) is 23.1. The first-order valence-corrected chi connectivity index (χ1v) is 10.7. The maximum Gasteiger partial charge on any atom is 0.220 e. The fourth-order valence-electron chi connectivity index (χ4n) is 4.70. The average Bonchev–Trinajstić information content (AvgIpc) is 3.07. The number of hydrogen-bond acceptors (Lipinski definition) is 3. The molecule has 0 aromatic heterocycles. The Morgan fingerprint density at radius 2 is 1.93 bits per heavy atom. The predicted octanol–water partition coefficient (Wildman–Crippen LogP) is 2.42. The molecule has 2 aliphatic heterocycles. The molecule has 0 aromatic rings. The zero-order valence-electron chi connectivity index (χ0n) is 16.9. The number of carbonyl (C=O) groups is 1. The van der Waals surface area contributed by atoms with Gasteiger partial charge in [-0.25, -0.2) is 0 Å². The molecule has 6 nitrogen and oxygen atoms in total. The molecule has 2 saturated heterocycles. The van der Waals surface area contributed by atoms with Gasteiger partial charge < -0.3 is 20.9 Å². The van der Waals surface area contributed by atoms with Gasteiger partial charge in [-0.1, -0.05) is 6.42 Å². The van der Waals surface area contributed by atoms with Crippen molar-refractivity contribution in [3.05, 3.63) is 0 Å². The van der Waals surface area contributed by atoms with Gasteiger partial charge in [0.05, 0.1) is 0 Å². The van der Waals surface area contributed by atoms with E-state index >= 15 is 0 Å². The molecule has 7 heteroatoms. The van der Waals surface area contributed by atoms with E-state index in [1.807, 2.05) is 0 Å². The zero-order valence-corrected chi connectivity index (χ0v) is 19.2. The number of unbranched alkanes of at least 4 members (excludes halogenated alkanes) is 1. The van der Waals surface area contributed by atoms with Crippen LogP contribution in [0.2, 0.25) is 0 Å². The number of nitrogens with one attached hydrogen (secondary N) is 1. The van der Waals surface area contributed by atoms with E-state index in [2.05, 4.69) is 22.0 Å². The third-order valence-electron chi connectivity index (χ3n) is 6.62. The molecule has 1 saturated carbocycles. The highest BCUT2D eigenvalue weighted by Crippen LogP contribution is 2.47. The molecular formula is C20H38IN5O. The number of nitrogens with two attached hydrogens (primary N) is 1. The summed E-state index contributed by atoms with van der Waals surface area (Å²) in [4.78, 5) is 21.1. The van der Waals surface area contributed by atoms with E-state index in [9.17, 15) is 4.79 Å². The number of aliphatic imine (C=N–C) groups is 1. The number of likely N-dealkylation sites (tertiary alicyclic amines) is 2. The Morgan fingerprint density at radius 3 is 2.48 bits per heavy atom. The Labute approximate surface area is 181 Å². The molecule has 1 amide bonds. The monoisotopic (exact) mass is 491 g/mol. The number of guanidine groups is 1. The summed E-state index contributed by atoms with van der Waals surface area (Å²) in [5.74, 6) is 1.09. The molecule has 0 radical (unpaired) electrons. The molecule has 3 fully saturated rings. The molecule has 3 aliphatic rings. The van der Waals surface area contributed by atoms with Crippen LogP contribution in [0.4, 0.5) is 0 Å². The van der Waals surface area contributed by atoms with E-state index in [0.717, 1.165) is 57.9 Å². The van der Waals surface area contributed by atoms with Gasteiger partial charge >= 0.3 is 0 Å². The summed E-state index contributed by atoms with van der Waals surface area (Å²) in [6.07, 6.45) is 9.74. The van der Waals surface area contributed by atoms with E-state index < -0.39 is 0 Å². The molecule has 1 aliphatic carbocycles. The van der Waals surface area contributed by atoms with Gasteiger partial charge in [0, 0.05) is 32.1 Å². The van der Waals surface area contributed by atoms with Crippen LogP contribution in [0.5, 0.6) is 0 Å². The van der Waals surface area contributed by atoms with Crippen molar-refractivity contribution < 1.29 is 4.79 Å². The lowest BCUT2D eigenvalue weighted by atomic mass is 9.68. The van der Waals surface area contributed by atoms with Crippen molar-refractivity contribution >= 4 is 35.8 Å². The van der Waals surface area contributed by atoms with Crippen molar-refractivity contribution in [2.75, 3.05) is 45.8 Å². The maximum absolute atomic E-state index is 11.2. The second-order valence-corrected chi connectivity index (χ2v) is 8.49. The predicted molar refractivity (Wildman–Crippen MR) is 121 cm³/mol. The second kappa shape index (κ2) is 10.8. The van der Waals surface area contributed by atoms with Crippen LogP contribution in [0.15, 0.2) is 4.99 Å². The van der Waals surface area contributed by atoms with Crippen molar-refractivity contribution in [1.29, 1.82) is 0 Å². The maximum atomic E-state index is 11.2. The number of piperidine rings is 1. The highest BCUT2D eigenvalue weighted by Gasteiger charge is 2.43. The lowest BCUT2D eigenvalue weighted by molar-refractivity contribution is -0.123.